The second kappa shape index (κ2) is 5.40. The van der Waals surface area contributed by atoms with E-state index in [0.29, 0.717) is 17.1 Å². The van der Waals surface area contributed by atoms with Gasteiger partial charge in [-0.2, -0.15) is 8.76 Å². The summed E-state index contributed by atoms with van der Waals surface area (Å²) in [7, 11) is 0. The summed E-state index contributed by atoms with van der Waals surface area (Å²) in [6.45, 7) is 1.80. The summed E-state index contributed by atoms with van der Waals surface area (Å²) in [5.41, 5.74) is 0.173. The lowest BCUT2D eigenvalue weighted by atomic mass is 10.2. The van der Waals surface area contributed by atoms with Crippen molar-refractivity contribution in [3.63, 3.8) is 0 Å². The van der Waals surface area contributed by atoms with E-state index in [-0.39, 0.29) is 0 Å². The highest BCUT2D eigenvalue weighted by Gasteiger charge is 2.13. The van der Waals surface area contributed by atoms with Crippen LogP contribution in [0.4, 0.5) is 10.1 Å². The van der Waals surface area contributed by atoms with Crippen molar-refractivity contribution in [2.45, 2.75) is 17.0 Å². The average molecular weight is 285 g/mol. The summed E-state index contributed by atoms with van der Waals surface area (Å²) in [6.07, 6.45) is 0. The highest BCUT2D eigenvalue weighted by atomic mass is 32.2. The molecule has 0 aliphatic heterocycles. The Morgan fingerprint density at radius 2 is 2.33 bits per heavy atom. The number of nitro benzene ring substituents is 1. The lowest BCUT2D eigenvalue weighted by molar-refractivity contribution is -0.387. The third-order valence-corrected chi connectivity index (χ3v) is 4.08. The van der Waals surface area contributed by atoms with Gasteiger partial charge in [0.2, 0.25) is 5.82 Å². The summed E-state index contributed by atoms with van der Waals surface area (Å²) < 4.78 is 18.2. The van der Waals surface area contributed by atoms with Gasteiger partial charge in [0.25, 0.3) is 0 Å². The Kier molecular flexibility index (Phi) is 3.87. The fraction of sp³-hybridized carbons (Fsp3) is 0.200. The highest BCUT2D eigenvalue weighted by Crippen LogP contribution is 2.26. The van der Waals surface area contributed by atoms with E-state index in [0.717, 1.165) is 4.34 Å². The Hall–Kier alpha value is -1.54. The van der Waals surface area contributed by atoms with Gasteiger partial charge in [-0.15, -0.1) is 0 Å². The maximum Gasteiger partial charge on any atom is 0.304 e. The third-order valence-electron chi connectivity index (χ3n) is 2.08. The second-order valence-corrected chi connectivity index (χ2v) is 5.41. The van der Waals surface area contributed by atoms with Crippen LogP contribution in [0.1, 0.15) is 11.4 Å². The van der Waals surface area contributed by atoms with Crippen molar-refractivity contribution in [1.82, 2.24) is 9.36 Å². The molecular weight excluding hydrogens is 277 g/mol. The first kappa shape index (κ1) is 12.9. The van der Waals surface area contributed by atoms with Gasteiger partial charge in [0.05, 0.1) is 4.92 Å². The largest absolute Gasteiger partial charge is 0.304 e. The summed E-state index contributed by atoms with van der Waals surface area (Å²) in [4.78, 5) is 13.9. The zero-order valence-electron chi connectivity index (χ0n) is 9.29. The summed E-state index contributed by atoms with van der Waals surface area (Å²) in [5, 5.41) is 10.5. The zero-order chi connectivity index (χ0) is 13.1. The van der Waals surface area contributed by atoms with Crippen molar-refractivity contribution in [3.8, 4) is 0 Å². The minimum Gasteiger partial charge on any atom is -0.258 e. The van der Waals surface area contributed by atoms with Crippen LogP contribution in [0.25, 0.3) is 0 Å². The predicted octanol–water partition coefficient (Wildman–Crippen LogP) is 3.19. The normalized spacial score (nSPS) is 10.6. The van der Waals surface area contributed by atoms with E-state index in [9.17, 15) is 14.5 Å². The van der Waals surface area contributed by atoms with Crippen LogP contribution in [0, 0.1) is 22.9 Å². The first-order chi connectivity index (χ1) is 8.56. The van der Waals surface area contributed by atoms with Crippen LogP contribution in [-0.2, 0) is 5.75 Å². The molecule has 0 fully saturated rings. The molecule has 0 aliphatic rings. The molecule has 0 saturated heterocycles. The third kappa shape index (κ3) is 3.02. The van der Waals surface area contributed by atoms with Crippen LogP contribution in [-0.4, -0.2) is 14.3 Å². The van der Waals surface area contributed by atoms with Crippen LogP contribution >= 0.6 is 23.3 Å². The molecule has 5 nitrogen and oxygen atoms in total. The maximum atomic E-state index is 13.4. The number of nitrogens with zero attached hydrogens (tertiary/aromatic N) is 3. The minimum atomic E-state index is -0.813. The average Bonchev–Trinajstić information content (AvgIpc) is 2.72. The molecule has 0 unspecified atom stereocenters. The molecule has 0 atom stereocenters. The van der Waals surface area contributed by atoms with E-state index in [1.54, 1.807) is 13.0 Å². The highest BCUT2D eigenvalue weighted by molar-refractivity contribution is 8.00. The SMILES string of the molecule is Cc1nsc(SCc2ccc([N+](=O)[O-])c(F)c2)n1. The molecule has 1 aromatic heterocycles. The summed E-state index contributed by atoms with van der Waals surface area (Å²) in [5.74, 6) is 0.396. The number of hydrogen-bond acceptors (Lipinski definition) is 6. The Bertz CT molecular complexity index is 588. The van der Waals surface area contributed by atoms with Gasteiger partial charge in [-0.3, -0.25) is 10.1 Å². The van der Waals surface area contributed by atoms with E-state index in [1.165, 1.54) is 35.4 Å². The number of rotatable bonds is 4. The van der Waals surface area contributed by atoms with Crippen molar-refractivity contribution in [1.29, 1.82) is 0 Å². The summed E-state index contributed by atoms with van der Waals surface area (Å²) >= 11 is 2.71. The molecule has 2 aromatic rings. The van der Waals surface area contributed by atoms with Gasteiger partial charge >= 0.3 is 5.69 Å². The molecule has 0 bridgehead atoms. The van der Waals surface area contributed by atoms with Crippen molar-refractivity contribution < 1.29 is 9.31 Å². The number of thioether (sulfide) groups is 1. The van der Waals surface area contributed by atoms with E-state index in [4.69, 9.17) is 0 Å². The summed E-state index contributed by atoms with van der Waals surface area (Å²) in [6, 6.07) is 3.90. The molecular formula is C10H8FN3O2S2. The molecule has 0 N–H and O–H groups in total. The number of aromatic nitrogens is 2. The van der Waals surface area contributed by atoms with Crippen molar-refractivity contribution in [2.75, 3.05) is 0 Å². The van der Waals surface area contributed by atoms with Crippen molar-refractivity contribution >= 4 is 29.0 Å². The van der Waals surface area contributed by atoms with Gasteiger partial charge < -0.3 is 0 Å². The molecule has 0 radical (unpaired) electrons. The van der Waals surface area contributed by atoms with Crippen molar-refractivity contribution in [3.05, 3.63) is 45.5 Å². The number of aryl methyl sites for hydroxylation is 1. The van der Waals surface area contributed by atoms with E-state index < -0.39 is 16.4 Å². The molecule has 94 valence electrons. The van der Waals surface area contributed by atoms with Gasteiger partial charge in [0, 0.05) is 11.8 Å². The fourth-order valence-corrected chi connectivity index (χ4v) is 2.86. The molecule has 2 rings (SSSR count). The molecule has 8 heteroatoms. The predicted molar refractivity (Wildman–Crippen MR) is 67.3 cm³/mol. The van der Waals surface area contributed by atoms with Crippen LogP contribution in [0.5, 0.6) is 0 Å². The number of nitro groups is 1. The molecule has 1 heterocycles. The van der Waals surface area contributed by atoms with Gasteiger partial charge in [-0.05, 0) is 30.1 Å². The molecule has 18 heavy (non-hydrogen) atoms. The van der Waals surface area contributed by atoms with Gasteiger partial charge in [0.15, 0.2) is 4.34 Å². The van der Waals surface area contributed by atoms with Gasteiger partial charge in [0.1, 0.15) is 5.82 Å². The molecule has 0 spiro atoms. The fourth-order valence-electron chi connectivity index (χ4n) is 1.27. The lowest BCUT2D eigenvalue weighted by Crippen LogP contribution is -1.93. The quantitative estimate of drug-likeness (QED) is 0.490. The topological polar surface area (TPSA) is 68.9 Å². The van der Waals surface area contributed by atoms with Crippen LogP contribution < -0.4 is 0 Å². The van der Waals surface area contributed by atoms with Gasteiger partial charge in [-0.1, -0.05) is 17.8 Å². The molecule has 0 aliphatic carbocycles. The van der Waals surface area contributed by atoms with Gasteiger partial charge in [-0.25, -0.2) is 4.98 Å². The number of benzene rings is 1. The maximum absolute atomic E-state index is 13.4. The zero-order valence-corrected chi connectivity index (χ0v) is 10.9. The van der Waals surface area contributed by atoms with Crippen molar-refractivity contribution in [2.24, 2.45) is 0 Å². The number of halogens is 1. The Morgan fingerprint density at radius 3 is 2.89 bits per heavy atom. The molecule has 0 saturated carbocycles. The van der Waals surface area contributed by atoms with Crippen LogP contribution in [0.3, 0.4) is 0 Å². The standard InChI is InChI=1S/C10H8FN3O2S2/c1-6-12-10(18-13-6)17-5-7-2-3-9(14(15)16)8(11)4-7/h2-4H,5H2,1H3. The first-order valence-electron chi connectivity index (χ1n) is 4.92. The Labute approximate surface area is 110 Å². The Balaban J connectivity index is 2.06. The van der Waals surface area contributed by atoms with E-state index >= 15 is 0 Å². The van der Waals surface area contributed by atoms with Crippen LogP contribution in [0.2, 0.25) is 0 Å². The monoisotopic (exact) mass is 285 g/mol. The molecule has 1 aromatic carbocycles. The molecule has 0 amide bonds. The minimum absolute atomic E-state index is 0.504. The second-order valence-electron chi connectivity index (χ2n) is 3.44. The Morgan fingerprint density at radius 1 is 1.56 bits per heavy atom. The van der Waals surface area contributed by atoms with E-state index in [1.807, 2.05) is 0 Å². The van der Waals surface area contributed by atoms with Crippen LogP contribution in [0.15, 0.2) is 22.5 Å². The van der Waals surface area contributed by atoms with E-state index in [2.05, 4.69) is 9.36 Å². The first-order valence-corrected chi connectivity index (χ1v) is 6.68. The number of hydrogen-bond donors (Lipinski definition) is 0. The lowest BCUT2D eigenvalue weighted by Gasteiger charge is -1.99. The smallest absolute Gasteiger partial charge is 0.258 e.